The molecule has 9 aromatic carbocycles. The third-order valence-electron chi connectivity index (χ3n) is 10.7. The van der Waals surface area contributed by atoms with Crippen LogP contribution in [0.15, 0.2) is 197 Å². The Morgan fingerprint density at radius 2 is 0.868 bits per heavy atom. The van der Waals surface area contributed by atoms with Gasteiger partial charge >= 0.3 is 0 Å². The van der Waals surface area contributed by atoms with Crippen LogP contribution in [0.5, 0.6) is 0 Å². The number of rotatable bonds is 5. The van der Waals surface area contributed by atoms with Crippen molar-refractivity contribution in [2.45, 2.75) is 0 Å². The number of hydrogen-bond acceptors (Lipinski definition) is 3. The van der Waals surface area contributed by atoms with Crippen LogP contribution in [0.1, 0.15) is 0 Å². The summed E-state index contributed by atoms with van der Waals surface area (Å²) in [7, 11) is 0. The van der Waals surface area contributed by atoms with E-state index in [2.05, 4.69) is 175 Å². The topological polar surface area (TPSA) is 29.5 Å². The Labute approximate surface area is 305 Å². The SMILES string of the molecule is c1ccc(-c2ccc3c(c2)oc2c(N(c4ccc(-c5ccc6c(c5)oc5ccccc56)cc4)c4ccc5ccc6ccccc6c5c4)cccc23)cc1. The minimum absolute atomic E-state index is 0.852. The van der Waals surface area contributed by atoms with E-state index in [4.69, 9.17) is 8.83 Å². The van der Waals surface area contributed by atoms with Gasteiger partial charge < -0.3 is 13.7 Å². The number of benzene rings is 9. The van der Waals surface area contributed by atoms with E-state index in [-0.39, 0.29) is 0 Å². The third-order valence-corrected chi connectivity index (χ3v) is 10.7. The molecule has 0 radical (unpaired) electrons. The van der Waals surface area contributed by atoms with Crippen LogP contribution < -0.4 is 4.90 Å². The predicted molar refractivity (Wildman–Crippen MR) is 222 cm³/mol. The fraction of sp³-hybridized carbons (Fsp3) is 0. The molecule has 0 unspecified atom stereocenters. The highest BCUT2D eigenvalue weighted by Gasteiger charge is 2.21. The molecule has 3 nitrogen and oxygen atoms in total. The van der Waals surface area contributed by atoms with Crippen LogP contribution in [0.2, 0.25) is 0 Å². The van der Waals surface area contributed by atoms with Gasteiger partial charge in [0.25, 0.3) is 0 Å². The van der Waals surface area contributed by atoms with Gasteiger partial charge in [0.1, 0.15) is 16.7 Å². The summed E-state index contributed by atoms with van der Waals surface area (Å²) in [5, 5.41) is 9.34. The maximum Gasteiger partial charge on any atom is 0.159 e. The first-order valence-corrected chi connectivity index (χ1v) is 18.0. The largest absolute Gasteiger partial charge is 0.456 e. The Bertz CT molecular complexity index is 3170. The summed E-state index contributed by atoms with van der Waals surface area (Å²) >= 11 is 0. The van der Waals surface area contributed by atoms with E-state index in [1.807, 2.05) is 18.2 Å². The zero-order valence-corrected chi connectivity index (χ0v) is 28.7. The minimum Gasteiger partial charge on any atom is -0.456 e. The van der Waals surface area contributed by atoms with Crippen molar-refractivity contribution in [1.82, 2.24) is 0 Å². The lowest BCUT2D eigenvalue weighted by Crippen LogP contribution is -2.10. The van der Waals surface area contributed by atoms with Gasteiger partial charge in [-0.3, -0.25) is 0 Å². The summed E-state index contributed by atoms with van der Waals surface area (Å²) in [4.78, 5) is 2.33. The third kappa shape index (κ3) is 4.82. The van der Waals surface area contributed by atoms with Crippen molar-refractivity contribution in [1.29, 1.82) is 0 Å². The first-order chi connectivity index (χ1) is 26.2. The highest BCUT2D eigenvalue weighted by Crippen LogP contribution is 2.44. The lowest BCUT2D eigenvalue weighted by Gasteiger charge is -2.26. The second-order valence-electron chi connectivity index (χ2n) is 13.7. The van der Waals surface area contributed by atoms with Crippen LogP contribution in [-0.2, 0) is 0 Å². The van der Waals surface area contributed by atoms with Gasteiger partial charge in [0, 0.05) is 32.9 Å². The maximum absolute atomic E-state index is 6.83. The summed E-state index contributed by atoms with van der Waals surface area (Å²) in [6.07, 6.45) is 0. The molecule has 3 heteroatoms. The van der Waals surface area contributed by atoms with Gasteiger partial charge in [-0.25, -0.2) is 0 Å². The normalized spacial score (nSPS) is 11.8. The van der Waals surface area contributed by atoms with Crippen LogP contribution in [0.25, 0.3) is 87.7 Å². The molecule has 0 spiro atoms. The van der Waals surface area contributed by atoms with Crippen molar-refractivity contribution < 1.29 is 8.83 Å². The van der Waals surface area contributed by atoms with Crippen molar-refractivity contribution in [3.8, 4) is 22.3 Å². The highest BCUT2D eigenvalue weighted by atomic mass is 16.3. The number of anilines is 3. The monoisotopic (exact) mass is 677 g/mol. The average molecular weight is 678 g/mol. The number of nitrogens with zero attached hydrogens (tertiary/aromatic N) is 1. The van der Waals surface area contributed by atoms with Gasteiger partial charge in [-0.2, -0.15) is 0 Å². The van der Waals surface area contributed by atoms with Crippen molar-refractivity contribution in [2.75, 3.05) is 4.90 Å². The molecule has 0 amide bonds. The summed E-state index contributed by atoms with van der Waals surface area (Å²) in [6.45, 7) is 0. The molecule has 11 aromatic rings. The molecular formula is C50H31NO2. The summed E-state index contributed by atoms with van der Waals surface area (Å²) in [5.41, 5.74) is 11.1. The first kappa shape index (κ1) is 29.6. The van der Waals surface area contributed by atoms with E-state index in [0.717, 1.165) is 77.6 Å². The molecule has 2 heterocycles. The molecule has 2 aromatic heterocycles. The standard InChI is InChI=1S/C50H31NO2/c1-2-9-32(10-3-1)36-23-28-43-44-14-8-15-46(50(44)53-49(43)30-36)51(39-26-21-35-18-17-34-11-4-5-12-40(34)45(35)31-39)38-24-19-33(20-25-38)37-22-27-42-41-13-6-7-16-47(41)52-48(42)29-37/h1-31H. The number of fused-ring (bicyclic) bond motifs is 9. The van der Waals surface area contributed by atoms with E-state index in [0.29, 0.717) is 0 Å². The second-order valence-corrected chi connectivity index (χ2v) is 13.7. The van der Waals surface area contributed by atoms with Crippen molar-refractivity contribution in [3.05, 3.63) is 188 Å². The van der Waals surface area contributed by atoms with Crippen LogP contribution in [0, 0.1) is 0 Å². The minimum atomic E-state index is 0.852. The Morgan fingerprint density at radius 3 is 1.68 bits per heavy atom. The van der Waals surface area contributed by atoms with Crippen LogP contribution in [0.4, 0.5) is 17.1 Å². The predicted octanol–water partition coefficient (Wildman–Crippen LogP) is 14.6. The molecule has 0 aliphatic carbocycles. The number of furan rings is 2. The molecular weight excluding hydrogens is 647 g/mol. The van der Waals surface area contributed by atoms with Gasteiger partial charge in [0.2, 0.25) is 0 Å². The van der Waals surface area contributed by atoms with E-state index in [9.17, 15) is 0 Å². The van der Waals surface area contributed by atoms with Crippen molar-refractivity contribution >= 4 is 82.5 Å². The van der Waals surface area contributed by atoms with Crippen LogP contribution in [-0.4, -0.2) is 0 Å². The Hall–Kier alpha value is -7.10. The summed E-state index contributed by atoms with van der Waals surface area (Å²) in [6, 6.07) is 66.8. The molecule has 0 aliphatic rings. The average Bonchev–Trinajstić information content (AvgIpc) is 3.79. The number of para-hydroxylation sites is 2. The van der Waals surface area contributed by atoms with Gasteiger partial charge in [-0.1, -0.05) is 127 Å². The quantitative estimate of drug-likeness (QED) is 0.170. The molecule has 0 saturated heterocycles. The summed E-state index contributed by atoms with van der Waals surface area (Å²) < 4.78 is 13.1. The maximum atomic E-state index is 6.83. The first-order valence-electron chi connectivity index (χ1n) is 18.0. The molecule has 0 aliphatic heterocycles. The lowest BCUT2D eigenvalue weighted by molar-refractivity contribution is 0.669. The van der Waals surface area contributed by atoms with E-state index >= 15 is 0 Å². The zero-order chi connectivity index (χ0) is 34.9. The molecule has 53 heavy (non-hydrogen) atoms. The van der Waals surface area contributed by atoms with Gasteiger partial charge in [0.15, 0.2) is 5.58 Å². The molecule has 0 fully saturated rings. The van der Waals surface area contributed by atoms with Crippen LogP contribution in [0.3, 0.4) is 0 Å². The Morgan fingerprint density at radius 1 is 0.302 bits per heavy atom. The van der Waals surface area contributed by atoms with Gasteiger partial charge in [-0.15, -0.1) is 0 Å². The van der Waals surface area contributed by atoms with Gasteiger partial charge in [0.05, 0.1) is 5.69 Å². The van der Waals surface area contributed by atoms with E-state index in [1.54, 1.807) is 0 Å². The molecule has 0 atom stereocenters. The fourth-order valence-electron chi connectivity index (χ4n) is 8.03. The van der Waals surface area contributed by atoms with E-state index < -0.39 is 0 Å². The molecule has 11 rings (SSSR count). The smallest absolute Gasteiger partial charge is 0.159 e. The van der Waals surface area contributed by atoms with Crippen LogP contribution >= 0.6 is 0 Å². The zero-order valence-electron chi connectivity index (χ0n) is 28.7. The van der Waals surface area contributed by atoms with Crippen molar-refractivity contribution in [3.63, 3.8) is 0 Å². The van der Waals surface area contributed by atoms with E-state index in [1.165, 1.54) is 27.1 Å². The highest BCUT2D eigenvalue weighted by molar-refractivity contribution is 6.13. The van der Waals surface area contributed by atoms with Crippen molar-refractivity contribution in [2.24, 2.45) is 0 Å². The molecule has 248 valence electrons. The Balaban J connectivity index is 1.09. The molecule has 0 N–H and O–H groups in total. The fourth-order valence-corrected chi connectivity index (χ4v) is 8.03. The molecule has 0 saturated carbocycles. The molecule has 0 bridgehead atoms. The summed E-state index contributed by atoms with van der Waals surface area (Å²) in [5.74, 6) is 0. The van der Waals surface area contributed by atoms with Gasteiger partial charge in [-0.05, 0) is 104 Å². The number of hydrogen-bond donors (Lipinski definition) is 0. The second kappa shape index (κ2) is 11.7. The lowest BCUT2D eigenvalue weighted by atomic mass is 10.00. The Kier molecular flexibility index (Phi) is 6.55.